The molecular weight excluding hydrogens is 460 g/mol. The van der Waals surface area contributed by atoms with Crippen molar-refractivity contribution in [2.75, 3.05) is 0 Å². The summed E-state index contributed by atoms with van der Waals surface area (Å²) in [6, 6.07) is 10.9. The molecule has 5 aromatic carbocycles. The van der Waals surface area contributed by atoms with Crippen LogP contribution in [0.1, 0.15) is 51.8 Å². The zero-order chi connectivity index (χ0) is 25.3. The molecule has 0 unspecified atom stereocenters. The molecule has 0 amide bonds. The first-order valence-electron chi connectivity index (χ1n) is 9.95. The van der Waals surface area contributed by atoms with E-state index in [0.29, 0.717) is 16.2 Å². The Morgan fingerprint density at radius 1 is 0.457 bits per heavy atom. The molecule has 10 nitrogen and oxygen atoms in total. The molecular formula is C25H12O10. The molecule has 0 bridgehead atoms. The molecule has 0 aliphatic rings. The SMILES string of the molecule is O=C(O)c1cc2c3cccc4cccc(c5c(C(=O)O)c(C(=O)O)c(C(=O)O)c(c1C(=O)O)c25)c43. The van der Waals surface area contributed by atoms with Crippen molar-refractivity contribution in [3.8, 4) is 0 Å². The van der Waals surface area contributed by atoms with Gasteiger partial charge < -0.3 is 25.5 Å². The van der Waals surface area contributed by atoms with E-state index in [1.54, 1.807) is 30.3 Å². The van der Waals surface area contributed by atoms with E-state index in [1.807, 2.05) is 0 Å². The number of hydrogen-bond acceptors (Lipinski definition) is 5. The maximum atomic E-state index is 12.4. The zero-order valence-corrected chi connectivity index (χ0v) is 17.3. The lowest BCUT2D eigenvalue weighted by Gasteiger charge is -2.21. The highest BCUT2D eigenvalue weighted by atomic mass is 16.4. The second kappa shape index (κ2) is 7.12. The molecule has 172 valence electrons. The summed E-state index contributed by atoms with van der Waals surface area (Å²) in [7, 11) is 0. The van der Waals surface area contributed by atoms with Gasteiger partial charge in [-0.25, -0.2) is 24.0 Å². The monoisotopic (exact) mass is 472 g/mol. The van der Waals surface area contributed by atoms with E-state index in [-0.39, 0.29) is 21.5 Å². The van der Waals surface area contributed by atoms with Gasteiger partial charge in [0.15, 0.2) is 0 Å². The lowest BCUT2D eigenvalue weighted by molar-refractivity contribution is 0.0634. The molecule has 0 radical (unpaired) electrons. The largest absolute Gasteiger partial charge is 0.478 e. The van der Waals surface area contributed by atoms with Crippen molar-refractivity contribution in [1.82, 2.24) is 0 Å². The van der Waals surface area contributed by atoms with Crippen LogP contribution in [0, 0.1) is 0 Å². The number of aromatic carboxylic acids is 5. The van der Waals surface area contributed by atoms with Crippen LogP contribution in [0.4, 0.5) is 0 Å². The van der Waals surface area contributed by atoms with Crippen molar-refractivity contribution in [3.05, 3.63) is 70.3 Å². The summed E-state index contributed by atoms with van der Waals surface area (Å²) in [6.07, 6.45) is 0. The Labute approximate surface area is 193 Å². The molecule has 0 aromatic heterocycles. The predicted octanol–water partition coefficient (Wildman–Crippen LogP) is 4.23. The Morgan fingerprint density at radius 3 is 1.49 bits per heavy atom. The minimum atomic E-state index is -1.91. The van der Waals surface area contributed by atoms with Crippen molar-refractivity contribution in [3.63, 3.8) is 0 Å². The minimum Gasteiger partial charge on any atom is -0.478 e. The fourth-order valence-electron chi connectivity index (χ4n) is 4.98. The summed E-state index contributed by atoms with van der Waals surface area (Å²) < 4.78 is 0. The predicted molar refractivity (Wildman–Crippen MR) is 122 cm³/mol. The molecule has 0 saturated carbocycles. The maximum Gasteiger partial charge on any atom is 0.337 e. The summed E-state index contributed by atoms with van der Waals surface area (Å²) in [5, 5.41) is 50.6. The van der Waals surface area contributed by atoms with E-state index in [2.05, 4.69) is 0 Å². The first-order valence-corrected chi connectivity index (χ1v) is 9.95. The van der Waals surface area contributed by atoms with E-state index in [4.69, 9.17) is 0 Å². The Bertz CT molecular complexity index is 1820. The molecule has 5 N–H and O–H groups in total. The number of fused-ring (bicyclic) bond motifs is 2. The molecule has 0 saturated heterocycles. The van der Waals surface area contributed by atoms with Gasteiger partial charge in [-0.3, -0.25) is 0 Å². The Balaban J connectivity index is 2.37. The third kappa shape index (κ3) is 2.73. The second-order valence-electron chi connectivity index (χ2n) is 7.83. The Hall–Kier alpha value is -5.25. The lowest BCUT2D eigenvalue weighted by atomic mass is 9.80. The second-order valence-corrected chi connectivity index (χ2v) is 7.83. The van der Waals surface area contributed by atoms with E-state index < -0.39 is 63.1 Å². The van der Waals surface area contributed by atoms with Crippen LogP contribution in [-0.2, 0) is 0 Å². The number of carbonyl (C=O) groups is 5. The van der Waals surface area contributed by atoms with Gasteiger partial charge in [0.2, 0.25) is 0 Å². The van der Waals surface area contributed by atoms with Crippen LogP contribution in [-0.4, -0.2) is 55.4 Å². The minimum absolute atomic E-state index is 0.0867. The van der Waals surface area contributed by atoms with Gasteiger partial charge in [0.25, 0.3) is 0 Å². The van der Waals surface area contributed by atoms with Crippen molar-refractivity contribution >= 4 is 72.9 Å². The van der Waals surface area contributed by atoms with Crippen LogP contribution in [0.15, 0.2) is 42.5 Å². The number of carboxylic acids is 5. The van der Waals surface area contributed by atoms with Crippen molar-refractivity contribution in [2.24, 2.45) is 0 Å². The van der Waals surface area contributed by atoms with Gasteiger partial charge in [0, 0.05) is 16.2 Å². The topological polar surface area (TPSA) is 186 Å². The fourth-order valence-corrected chi connectivity index (χ4v) is 4.98. The molecule has 0 atom stereocenters. The third-order valence-electron chi connectivity index (χ3n) is 6.13. The van der Waals surface area contributed by atoms with Crippen LogP contribution >= 0.6 is 0 Å². The normalized spacial score (nSPS) is 11.4. The van der Waals surface area contributed by atoms with Crippen molar-refractivity contribution < 1.29 is 49.5 Å². The molecule has 0 fully saturated rings. The van der Waals surface area contributed by atoms with Crippen molar-refractivity contribution in [1.29, 1.82) is 0 Å². The quantitative estimate of drug-likeness (QED) is 0.183. The lowest BCUT2D eigenvalue weighted by Crippen LogP contribution is -2.19. The number of hydrogen-bond donors (Lipinski definition) is 5. The summed E-state index contributed by atoms with van der Waals surface area (Å²) in [5.41, 5.74) is -4.78. The molecule has 0 heterocycles. The molecule has 0 aliphatic carbocycles. The van der Waals surface area contributed by atoms with E-state index >= 15 is 0 Å². The van der Waals surface area contributed by atoms with E-state index in [0.717, 1.165) is 6.07 Å². The van der Waals surface area contributed by atoms with E-state index in [9.17, 15) is 49.5 Å². The van der Waals surface area contributed by atoms with Gasteiger partial charge in [0.1, 0.15) is 0 Å². The molecule has 0 aliphatic heterocycles. The number of carboxylic acid groups (broad SMARTS) is 5. The van der Waals surface area contributed by atoms with Gasteiger partial charge in [-0.1, -0.05) is 36.4 Å². The highest BCUT2D eigenvalue weighted by Crippen LogP contribution is 2.46. The molecule has 0 spiro atoms. The van der Waals surface area contributed by atoms with Gasteiger partial charge in [0.05, 0.1) is 27.8 Å². The first kappa shape index (κ1) is 21.6. The van der Waals surface area contributed by atoms with Gasteiger partial charge >= 0.3 is 29.8 Å². The van der Waals surface area contributed by atoms with Crippen LogP contribution in [0.3, 0.4) is 0 Å². The van der Waals surface area contributed by atoms with Gasteiger partial charge in [-0.15, -0.1) is 0 Å². The smallest absolute Gasteiger partial charge is 0.337 e. The third-order valence-corrected chi connectivity index (χ3v) is 6.13. The number of rotatable bonds is 5. The first-order chi connectivity index (χ1) is 16.6. The van der Waals surface area contributed by atoms with Crippen LogP contribution in [0.2, 0.25) is 0 Å². The molecule has 5 aromatic rings. The molecule has 5 rings (SSSR count). The summed E-state index contributed by atoms with van der Waals surface area (Å²) >= 11 is 0. The summed E-state index contributed by atoms with van der Waals surface area (Å²) in [6.45, 7) is 0. The fraction of sp³-hybridized carbons (Fsp3) is 0. The summed E-state index contributed by atoms with van der Waals surface area (Å²) in [5.74, 6) is -9.04. The standard InChI is InChI=1S/C25H12O10/c26-21(27)12-7-11-9-5-1-3-8-4-2-6-10(13(8)9)14-15(11)17(16(12)22(28)29)19(24(32)33)20(25(34)35)18(14)23(30)31/h1-7H,(H,26,27)(H,28,29)(H,30,31)(H,32,33)(H,34,35). The van der Waals surface area contributed by atoms with Gasteiger partial charge in [-0.2, -0.15) is 0 Å². The number of benzene rings is 5. The van der Waals surface area contributed by atoms with Crippen LogP contribution in [0.25, 0.3) is 43.1 Å². The van der Waals surface area contributed by atoms with E-state index in [1.165, 1.54) is 6.07 Å². The average Bonchev–Trinajstić information content (AvgIpc) is 2.79. The Kier molecular flexibility index (Phi) is 4.39. The van der Waals surface area contributed by atoms with Crippen LogP contribution < -0.4 is 0 Å². The maximum absolute atomic E-state index is 12.4. The zero-order valence-electron chi connectivity index (χ0n) is 17.3. The Morgan fingerprint density at radius 2 is 0.971 bits per heavy atom. The average molecular weight is 472 g/mol. The van der Waals surface area contributed by atoms with Crippen LogP contribution in [0.5, 0.6) is 0 Å². The van der Waals surface area contributed by atoms with Crippen molar-refractivity contribution in [2.45, 2.75) is 0 Å². The summed E-state index contributed by atoms with van der Waals surface area (Å²) in [4.78, 5) is 61.4. The molecule has 35 heavy (non-hydrogen) atoms. The van der Waals surface area contributed by atoms with Gasteiger partial charge in [-0.05, 0) is 33.0 Å². The highest BCUT2D eigenvalue weighted by Gasteiger charge is 2.35. The molecule has 10 heteroatoms. The highest BCUT2D eigenvalue weighted by molar-refractivity contribution is 6.41.